The monoisotopic (exact) mass is 417 g/mol. The van der Waals surface area contributed by atoms with Crippen molar-refractivity contribution >= 4 is 16.7 Å². The molecular weight excluding hydrogens is 386 g/mol. The van der Waals surface area contributed by atoms with E-state index >= 15 is 0 Å². The normalized spacial score (nSPS) is 18.0. The van der Waals surface area contributed by atoms with E-state index in [1.54, 1.807) is 0 Å². The molecule has 1 aliphatic rings. The van der Waals surface area contributed by atoms with Crippen LogP contribution in [-0.4, -0.2) is 17.6 Å². The summed E-state index contributed by atoms with van der Waals surface area (Å²) in [6.07, 6.45) is 2.60. The van der Waals surface area contributed by atoms with Crippen LogP contribution in [0.1, 0.15) is 58.1 Å². The topological polar surface area (TPSA) is 47.6 Å². The third kappa shape index (κ3) is 4.39. The quantitative estimate of drug-likeness (QED) is 0.498. The highest BCUT2D eigenvalue weighted by atomic mass is 16.5. The van der Waals surface area contributed by atoms with E-state index in [0.29, 0.717) is 12.2 Å². The molecular formula is C27H31NO3. The third-order valence-electron chi connectivity index (χ3n) is 6.46. The first-order valence-electron chi connectivity index (χ1n) is 11.3. The number of carbonyl (C=O) groups excluding carboxylic acids is 1. The fourth-order valence-corrected chi connectivity index (χ4v) is 4.42. The first-order valence-corrected chi connectivity index (χ1v) is 11.3. The lowest BCUT2D eigenvalue weighted by Crippen LogP contribution is -2.47. The molecule has 0 aliphatic carbocycles. The first kappa shape index (κ1) is 21.2. The molecule has 4 rings (SSSR count). The SMILES string of the molecule is CC[C@H](Oc1ccc2ccccc2c1)C(=O)N[C@@H]1CC(CC)(CC)Oc2ccccc21. The van der Waals surface area contributed by atoms with Gasteiger partial charge in [0, 0.05) is 12.0 Å². The van der Waals surface area contributed by atoms with E-state index in [1.807, 2.05) is 61.5 Å². The molecule has 1 aliphatic heterocycles. The average molecular weight is 418 g/mol. The smallest absolute Gasteiger partial charge is 0.261 e. The zero-order valence-corrected chi connectivity index (χ0v) is 18.6. The summed E-state index contributed by atoms with van der Waals surface area (Å²) in [5, 5.41) is 5.52. The highest BCUT2D eigenvalue weighted by molar-refractivity contribution is 5.84. The molecule has 1 amide bonds. The Kier molecular flexibility index (Phi) is 6.17. The van der Waals surface area contributed by atoms with Gasteiger partial charge in [-0.1, -0.05) is 69.3 Å². The fourth-order valence-electron chi connectivity index (χ4n) is 4.42. The molecule has 1 N–H and O–H groups in total. The summed E-state index contributed by atoms with van der Waals surface area (Å²) < 4.78 is 12.5. The van der Waals surface area contributed by atoms with Crippen LogP contribution < -0.4 is 14.8 Å². The molecule has 1 heterocycles. The molecule has 0 saturated heterocycles. The van der Waals surface area contributed by atoms with Crippen molar-refractivity contribution in [3.05, 3.63) is 72.3 Å². The lowest BCUT2D eigenvalue weighted by Gasteiger charge is -2.42. The van der Waals surface area contributed by atoms with Crippen molar-refractivity contribution in [1.29, 1.82) is 0 Å². The zero-order chi connectivity index (χ0) is 21.8. The maximum absolute atomic E-state index is 13.2. The van der Waals surface area contributed by atoms with Crippen LogP contribution >= 0.6 is 0 Å². The van der Waals surface area contributed by atoms with Crippen molar-refractivity contribution in [3.63, 3.8) is 0 Å². The Labute approximate surface area is 184 Å². The summed E-state index contributed by atoms with van der Waals surface area (Å²) in [6, 6.07) is 22.0. The molecule has 3 aromatic carbocycles. The van der Waals surface area contributed by atoms with E-state index in [1.165, 1.54) is 0 Å². The molecule has 0 aromatic heterocycles. The van der Waals surface area contributed by atoms with E-state index in [0.717, 1.165) is 41.3 Å². The van der Waals surface area contributed by atoms with Crippen molar-refractivity contribution in [2.45, 2.75) is 64.2 Å². The standard InChI is InChI=1S/C27H31NO3/c1-4-24(30-21-16-15-19-11-7-8-12-20(19)17-21)26(29)28-23-18-27(5-2,6-3)31-25-14-10-9-13-22(23)25/h7-17,23-24H,4-6,18H2,1-3H3,(H,28,29)/t23-,24+/m1/s1. The Hall–Kier alpha value is -3.01. The Morgan fingerprint density at radius 1 is 1.03 bits per heavy atom. The van der Waals surface area contributed by atoms with Crippen LogP contribution in [0, 0.1) is 0 Å². The van der Waals surface area contributed by atoms with Gasteiger partial charge in [-0.3, -0.25) is 4.79 Å². The fraction of sp³-hybridized carbons (Fsp3) is 0.370. The highest BCUT2D eigenvalue weighted by Gasteiger charge is 2.39. The molecule has 0 fully saturated rings. The van der Waals surface area contributed by atoms with Gasteiger partial charge < -0.3 is 14.8 Å². The van der Waals surface area contributed by atoms with Gasteiger partial charge in [-0.2, -0.15) is 0 Å². The number of hydrogen-bond acceptors (Lipinski definition) is 3. The Bertz CT molecular complexity index is 1060. The second-order valence-electron chi connectivity index (χ2n) is 8.32. The molecule has 0 radical (unpaired) electrons. The summed E-state index contributed by atoms with van der Waals surface area (Å²) in [4.78, 5) is 13.2. The van der Waals surface area contributed by atoms with Gasteiger partial charge in [-0.15, -0.1) is 0 Å². The molecule has 4 heteroatoms. The van der Waals surface area contributed by atoms with Gasteiger partial charge in [-0.25, -0.2) is 0 Å². The summed E-state index contributed by atoms with van der Waals surface area (Å²) >= 11 is 0. The number of fused-ring (bicyclic) bond motifs is 2. The number of benzene rings is 3. The van der Waals surface area contributed by atoms with Crippen molar-refractivity contribution < 1.29 is 14.3 Å². The zero-order valence-electron chi connectivity index (χ0n) is 18.6. The van der Waals surface area contributed by atoms with Gasteiger partial charge in [0.25, 0.3) is 5.91 Å². The van der Waals surface area contributed by atoms with Crippen LogP contribution in [0.25, 0.3) is 10.8 Å². The van der Waals surface area contributed by atoms with Crippen LogP contribution in [0.15, 0.2) is 66.7 Å². The van der Waals surface area contributed by atoms with Crippen molar-refractivity contribution in [3.8, 4) is 11.5 Å². The van der Waals surface area contributed by atoms with Crippen LogP contribution in [0.5, 0.6) is 11.5 Å². The Balaban J connectivity index is 1.53. The first-order chi connectivity index (χ1) is 15.1. The summed E-state index contributed by atoms with van der Waals surface area (Å²) in [6.45, 7) is 6.27. The number of amides is 1. The predicted octanol–water partition coefficient (Wildman–Crippen LogP) is 6.20. The van der Waals surface area contributed by atoms with Gasteiger partial charge in [0.05, 0.1) is 6.04 Å². The van der Waals surface area contributed by atoms with E-state index in [4.69, 9.17) is 9.47 Å². The Morgan fingerprint density at radius 3 is 2.48 bits per heavy atom. The number of rotatable bonds is 7. The molecule has 0 unspecified atom stereocenters. The minimum atomic E-state index is -0.547. The predicted molar refractivity (Wildman–Crippen MR) is 125 cm³/mol. The number of nitrogens with one attached hydrogen (secondary N) is 1. The number of para-hydroxylation sites is 1. The minimum Gasteiger partial charge on any atom is -0.487 e. The average Bonchev–Trinajstić information content (AvgIpc) is 2.82. The Morgan fingerprint density at radius 2 is 1.74 bits per heavy atom. The van der Waals surface area contributed by atoms with Crippen molar-refractivity contribution in [2.75, 3.05) is 0 Å². The lowest BCUT2D eigenvalue weighted by molar-refractivity contribution is -0.129. The summed E-state index contributed by atoms with van der Waals surface area (Å²) in [5.74, 6) is 1.49. The molecule has 4 nitrogen and oxygen atoms in total. The van der Waals surface area contributed by atoms with E-state index in [-0.39, 0.29) is 17.6 Å². The second-order valence-corrected chi connectivity index (χ2v) is 8.32. The van der Waals surface area contributed by atoms with E-state index in [9.17, 15) is 4.79 Å². The number of carbonyl (C=O) groups is 1. The molecule has 3 aromatic rings. The van der Waals surface area contributed by atoms with Crippen molar-refractivity contribution in [2.24, 2.45) is 0 Å². The molecule has 0 spiro atoms. The van der Waals surface area contributed by atoms with Gasteiger partial charge in [0.15, 0.2) is 6.10 Å². The minimum absolute atomic E-state index is 0.0848. The summed E-state index contributed by atoms with van der Waals surface area (Å²) in [5.41, 5.74) is 0.779. The van der Waals surface area contributed by atoms with E-state index in [2.05, 4.69) is 31.3 Å². The van der Waals surface area contributed by atoms with Crippen LogP contribution in [0.3, 0.4) is 0 Å². The highest BCUT2D eigenvalue weighted by Crippen LogP contribution is 2.42. The maximum Gasteiger partial charge on any atom is 0.261 e. The number of ether oxygens (including phenoxy) is 2. The lowest BCUT2D eigenvalue weighted by atomic mass is 9.83. The van der Waals surface area contributed by atoms with Gasteiger partial charge in [-0.05, 0) is 48.2 Å². The molecule has 31 heavy (non-hydrogen) atoms. The second kappa shape index (κ2) is 9.01. The number of hydrogen-bond donors (Lipinski definition) is 1. The van der Waals surface area contributed by atoms with E-state index < -0.39 is 6.10 Å². The largest absolute Gasteiger partial charge is 0.487 e. The van der Waals surface area contributed by atoms with Gasteiger partial charge >= 0.3 is 0 Å². The van der Waals surface area contributed by atoms with Crippen molar-refractivity contribution in [1.82, 2.24) is 5.32 Å². The summed E-state index contributed by atoms with van der Waals surface area (Å²) in [7, 11) is 0. The van der Waals surface area contributed by atoms with Crippen LogP contribution in [-0.2, 0) is 4.79 Å². The molecule has 0 saturated carbocycles. The van der Waals surface area contributed by atoms with Gasteiger partial charge in [0.2, 0.25) is 0 Å². The maximum atomic E-state index is 13.2. The third-order valence-corrected chi connectivity index (χ3v) is 6.46. The molecule has 162 valence electrons. The van der Waals surface area contributed by atoms with Crippen LogP contribution in [0.4, 0.5) is 0 Å². The molecule has 2 atom stereocenters. The molecule has 0 bridgehead atoms. The van der Waals surface area contributed by atoms with Crippen LogP contribution in [0.2, 0.25) is 0 Å². The van der Waals surface area contributed by atoms with Gasteiger partial charge in [0.1, 0.15) is 17.1 Å².